The second kappa shape index (κ2) is 10.7. The molecule has 6 N–H and O–H groups in total. The van der Waals surface area contributed by atoms with Crippen molar-refractivity contribution in [3.05, 3.63) is 41.0 Å². The Morgan fingerprint density at radius 3 is 2.26 bits per heavy atom. The minimum atomic E-state index is -2.71. The van der Waals surface area contributed by atoms with Crippen LogP contribution >= 0.6 is 0 Å². The van der Waals surface area contributed by atoms with E-state index in [1.54, 1.807) is 0 Å². The molecular formula is C27H38N4O7Si. The van der Waals surface area contributed by atoms with Crippen LogP contribution in [0.4, 0.5) is 0 Å². The summed E-state index contributed by atoms with van der Waals surface area (Å²) in [6.45, 7) is 10.3. The zero-order valence-electron chi connectivity index (χ0n) is 23.1. The fourth-order valence-corrected chi connectivity index (χ4v) is 5.65. The van der Waals surface area contributed by atoms with E-state index in [1.807, 2.05) is 6.08 Å². The number of nitrogens with zero attached hydrogens (tertiary/aromatic N) is 2. The summed E-state index contributed by atoms with van der Waals surface area (Å²) >= 11 is 0. The SMILES string of the molecule is CC1(C)CC=C(c2cc(C3(C(=O)O)C=NC(C(N)=O)(C(=O)O)N3COCC[Si](C)(C)C)ccc2C(N)=O)CC1. The summed E-state index contributed by atoms with van der Waals surface area (Å²) in [5.41, 5.74) is 7.91. The van der Waals surface area contributed by atoms with Gasteiger partial charge in [-0.3, -0.25) is 14.6 Å². The van der Waals surface area contributed by atoms with E-state index in [0.29, 0.717) is 12.0 Å². The summed E-state index contributed by atoms with van der Waals surface area (Å²) in [5, 5.41) is 20.7. The fourth-order valence-electron chi connectivity index (χ4n) is 4.89. The summed E-state index contributed by atoms with van der Waals surface area (Å²) in [6, 6.07) is 5.03. The number of hydrogen-bond acceptors (Lipinski definition) is 7. The van der Waals surface area contributed by atoms with Crippen molar-refractivity contribution >= 4 is 43.6 Å². The van der Waals surface area contributed by atoms with E-state index in [-0.39, 0.29) is 23.1 Å². The Balaban J connectivity index is 2.19. The van der Waals surface area contributed by atoms with Gasteiger partial charge in [0.15, 0.2) is 5.54 Å². The van der Waals surface area contributed by atoms with Crippen molar-refractivity contribution < 1.29 is 34.1 Å². The first-order chi connectivity index (χ1) is 18.0. The Morgan fingerprint density at radius 1 is 1.10 bits per heavy atom. The predicted octanol–water partition coefficient (Wildman–Crippen LogP) is 2.62. The Hall–Kier alpha value is -3.35. The summed E-state index contributed by atoms with van der Waals surface area (Å²) < 4.78 is 5.77. The van der Waals surface area contributed by atoms with Gasteiger partial charge in [-0.25, -0.2) is 14.5 Å². The Labute approximate surface area is 228 Å². The normalized spacial score (nSPS) is 24.8. The molecule has 2 unspecified atom stereocenters. The molecular weight excluding hydrogens is 520 g/mol. The van der Waals surface area contributed by atoms with Gasteiger partial charge in [0.2, 0.25) is 5.91 Å². The van der Waals surface area contributed by atoms with Crippen LogP contribution in [0.1, 0.15) is 54.6 Å². The molecule has 0 fully saturated rings. The molecule has 0 bridgehead atoms. The van der Waals surface area contributed by atoms with Crippen LogP contribution in [-0.2, 0) is 24.7 Å². The fraction of sp³-hybridized carbons (Fsp3) is 0.519. The molecule has 0 aromatic heterocycles. The minimum absolute atomic E-state index is 0.0705. The number of carboxylic acids is 2. The molecule has 0 radical (unpaired) electrons. The van der Waals surface area contributed by atoms with Gasteiger partial charge in [-0.1, -0.05) is 45.6 Å². The van der Waals surface area contributed by atoms with Gasteiger partial charge in [-0.2, -0.15) is 0 Å². The highest BCUT2D eigenvalue weighted by atomic mass is 28.3. The highest BCUT2D eigenvalue weighted by molar-refractivity contribution is 6.76. The van der Waals surface area contributed by atoms with Crippen molar-refractivity contribution in [2.24, 2.45) is 21.9 Å². The molecule has 2 aliphatic rings. The monoisotopic (exact) mass is 558 g/mol. The molecule has 1 aromatic rings. The Kier molecular flexibility index (Phi) is 8.26. The maximum Gasteiger partial charge on any atom is 0.357 e. The molecule has 3 rings (SSSR count). The van der Waals surface area contributed by atoms with E-state index >= 15 is 0 Å². The van der Waals surface area contributed by atoms with Crippen molar-refractivity contribution in [3.63, 3.8) is 0 Å². The third-order valence-electron chi connectivity index (χ3n) is 7.48. The van der Waals surface area contributed by atoms with Crippen LogP contribution in [-0.4, -0.2) is 72.2 Å². The second-order valence-corrected chi connectivity index (χ2v) is 17.8. The Morgan fingerprint density at radius 2 is 1.77 bits per heavy atom. The average molecular weight is 559 g/mol. The number of aliphatic imine (C=N–C) groups is 1. The first-order valence-electron chi connectivity index (χ1n) is 12.8. The summed E-state index contributed by atoms with van der Waals surface area (Å²) in [5.74, 6) is -5.25. The van der Waals surface area contributed by atoms with Crippen molar-refractivity contribution in [1.82, 2.24) is 4.90 Å². The van der Waals surface area contributed by atoms with Crippen LogP contribution in [0.25, 0.3) is 5.57 Å². The lowest BCUT2D eigenvalue weighted by atomic mass is 9.75. The molecule has 11 nitrogen and oxygen atoms in total. The largest absolute Gasteiger partial charge is 0.479 e. The van der Waals surface area contributed by atoms with Gasteiger partial charge in [0.05, 0.1) is 0 Å². The molecule has 1 heterocycles. The topological polar surface area (TPSA) is 186 Å². The van der Waals surface area contributed by atoms with Crippen molar-refractivity contribution in [1.29, 1.82) is 0 Å². The van der Waals surface area contributed by atoms with Crippen molar-refractivity contribution in [2.75, 3.05) is 13.3 Å². The predicted molar refractivity (Wildman–Crippen MR) is 149 cm³/mol. The molecule has 39 heavy (non-hydrogen) atoms. The van der Waals surface area contributed by atoms with Crippen molar-refractivity contribution in [2.45, 2.75) is 70.0 Å². The third-order valence-corrected chi connectivity index (χ3v) is 9.19. The molecule has 2 atom stereocenters. The quantitative estimate of drug-likeness (QED) is 0.181. The number of primary amides is 2. The molecule has 0 saturated carbocycles. The number of hydrogen-bond donors (Lipinski definition) is 4. The van der Waals surface area contributed by atoms with Gasteiger partial charge in [-0.15, -0.1) is 0 Å². The molecule has 1 aromatic carbocycles. The van der Waals surface area contributed by atoms with Crippen molar-refractivity contribution in [3.8, 4) is 0 Å². The maximum absolute atomic E-state index is 13.0. The summed E-state index contributed by atoms with van der Waals surface area (Å²) in [7, 11) is -1.54. The van der Waals surface area contributed by atoms with Crippen LogP contribution in [0.15, 0.2) is 29.3 Å². The van der Waals surface area contributed by atoms with Crippen LogP contribution in [0, 0.1) is 5.41 Å². The number of benzene rings is 1. The molecule has 12 heteroatoms. The highest BCUT2D eigenvalue weighted by Gasteiger charge is 2.65. The minimum Gasteiger partial charge on any atom is -0.479 e. The smallest absolute Gasteiger partial charge is 0.357 e. The molecule has 1 aliphatic heterocycles. The average Bonchev–Trinajstić information content (AvgIpc) is 3.18. The van der Waals surface area contributed by atoms with E-state index in [0.717, 1.165) is 35.6 Å². The van der Waals surface area contributed by atoms with E-state index in [2.05, 4.69) is 38.5 Å². The lowest BCUT2D eigenvalue weighted by molar-refractivity contribution is -0.172. The third kappa shape index (κ3) is 5.68. The van der Waals surface area contributed by atoms with Crippen LogP contribution < -0.4 is 11.5 Å². The van der Waals surface area contributed by atoms with Gasteiger partial charge < -0.3 is 26.4 Å². The molecule has 1 aliphatic carbocycles. The maximum atomic E-state index is 13.0. The molecule has 2 amide bonds. The molecule has 0 spiro atoms. The number of carbonyl (C=O) groups is 4. The number of carbonyl (C=O) groups excluding carboxylic acids is 2. The van der Waals surface area contributed by atoms with Gasteiger partial charge in [-0.05, 0) is 59.6 Å². The number of nitrogens with two attached hydrogens (primary N) is 2. The number of amides is 2. The standard InChI is InChI=1S/C27H38N4O7Si/c1-25(2)10-8-17(9-11-25)20-14-18(6-7-19(20)21(28)32)26(23(34)35)15-30-27(22(29)33,24(36)37)31(26)16-38-12-13-39(3,4)5/h6-8,14-15H,9-13,16H2,1-5H3,(H2,28,32)(H2,29,33)(H,34,35)(H,36,37). The Bertz CT molecular complexity index is 1240. The van der Waals surface area contributed by atoms with Crippen LogP contribution in [0.3, 0.4) is 0 Å². The summed E-state index contributed by atoms with van der Waals surface area (Å²) in [4.78, 5) is 55.2. The van der Waals surface area contributed by atoms with E-state index in [9.17, 15) is 29.4 Å². The van der Waals surface area contributed by atoms with E-state index < -0.39 is 49.8 Å². The second-order valence-electron chi connectivity index (χ2n) is 12.2. The van der Waals surface area contributed by atoms with E-state index in [1.165, 1.54) is 18.2 Å². The highest BCUT2D eigenvalue weighted by Crippen LogP contribution is 2.43. The number of ether oxygens (including phenoxy) is 1. The molecule has 0 saturated heterocycles. The van der Waals surface area contributed by atoms with Crippen LogP contribution in [0.5, 0.6) is 0 Å². The number of aliphatic carboxylic acids is 2. The number of allylic oxidation sites excluding steroid dienone is 2. The molecule has 212 valence electrons. The van der Waals surface area contributed by atoms with Crippen LogP contribution in [0.2, 0.25) is 25.7 Å². The lowest BCUT2D eigenvalue weighted by Gasteiger charge is -2.39. The first-order valence-corrected chi connectivity index (χ1v) is 16.5. The first kappa shape index (κ1) is 30.2. The van der Waals surface area contributed by atoms with Gasteiger partial charge >= 0.3 is 11.9 Å². The van der Waals surface area contributed by atoms with Gasteiger partial charge in [0.1, 0.15) is 6.73 Å². The lowest BCUT2D eigenvalue weighted by Crippen LogP contribution is -2.66. The van der Waals surface area contributed by atoms with Gasteiger partial charge in [0, 0.05) is 26.5 Å². The number of carboxylic acid groups (broad SMARTS) is 2. The zero-order chi connectivity index (χ0) is 29.4. The van der Waals surface area contributed by atoms with E-state index in [4.69, 9.17) is 16.2 Å². The van der Waals surface area contributed by atoms with Gasteiger partial charge in [0.25, 0.3) is 11.6 Å². The zero-order valence-corrected chi connectivity index (χ0v) is 24.1. The summed E-state index contributed by atoms with van der Waals surface area (Å²) in [6.07, 6.45) is 5.14. The number of rotatable bonds is 11.